The molecule has 1 aromatic rings. The Balaban J connectivity index is 2.55. The summed E-state index contributed by atoms with van der Waals surface area (Å²) >= 11 is 1.73. The molecule has 0 aliphatic carbocycles. The summed E-state index contributed by atoms with van der Waals surface area (Å²) in [5.74, 6) is 2.41. The Morgan fingerprint density at radius 3 is 2.80 bits per heavy atom. The summed E-state index contributed by atoms with van der Waals surface area (Å²) < 4.78 is 10.3. The van der Waals surface area contributed by atoms with Gasteiger partial charge in [-0.25, -0.2) is 0 Å². The zero-order chi connectivity index (χ0) is 14.8. The molecule has 0 fully saturated rings. The normalized spacial score (nSPS) is 11.9. The fraction of sp³-hybridized carbons (Fsp3) is 0.533. The smallest absolute Gasteiger partial charge is 0.306 e. The Morgan fingerprint density at radius 2 is 2.15 bits per heavy atom. The summed E-state index contributed by atoms with van der Waals surface area (Å²) in [6, 6.07) is 8.27. The Hall–Kier alpha value is -1.20. The van der Waals surface area contributed by atoms with E-state index in [2.05, 4.69) is 16.1 Å². The molecule has 1 aromatic carbocycles. The Morgan fingerprint density at radius 1 is 1.40 bits per heavy atom. The third-order valence-corrected chi connectivity index (χ3v) is 3.97. The van der Waals surface area contributed by atoms with Crippen LogP contribution >= 0.6 is 11.8 Å². The van der Waals surface area contributed by atoms with Gasteiger partial charge in [0.15, 0.2) is 0 Å². The van der Waals surface area contributed by atoms with E-state index in [1.54, 1.807) is 11.8 Å². The fourth-order valence-corrected chi connectivity index (χ4v) is 2.90. The molecule has 0 spiro atoms. The summed E-state index contributed by atoms with van der Waals surface area (Å²) in [5.41, 5.74) is 1.16. The van der Waals surface area contributed by atoms with Gasteiger partial charge in [0, 0.05) is 23.1 Å². The van der Waals surface area contributed by atoms with Crippen LogP contribution in [-0.4, -0.2) is 38.2 Å². The van der Waals surface area contributed by atoms with Gasteiger partial charge in [0.1, 0.15) is 5.75 Å². The number of esters is 1. The highest BCUT2D eigenvalue weighted by molar-refractivity contribution is 7.99. The predicted octanol–water partition coefficient (Wildman–Crippen LogP) is 2.64. The highest BCUT2D eigenvalue weighted by Gasteiger charge is 2.14. The molecule has 1 N–H and O–H groups in total. The molecule has 0 bridgehead atoms. The van der Waals surface area contributed by atoms with Crippen molar-refractivity contribution in [1.82, 2.24) is 5.32 Å². The molecule has 0 amide bonds. The molecule has 112 valence electrons. The first-order valence-corrected chi connectivity index (χ1v) is 7.91. The summed E-state index contributed by atoms with van der Waals surface area (Å²) in [4.78, 5) is 11.1. The van der Waals surface area contributed by atoms with E-state index in [4.69, 9.17) is 4.74 Å². The molecule has 0 saturated heterocycles. The van der Waals surface area contributed by atoms with Crippen LogP contribution in [0.1, 0.15) is 24.9 Å². The summed E-state index contributed by atoms with van der Waals surface area (Å²) in [7, 11) is 3.36. The summed E-state index contributed by atoms with van der Waals surface area (Å²) in [6.07, 6.45) is 0.449. The molecule has 0 aliphatic heterocycles. The van der Waals surface area contributed by atoms with Gasteiger partial charge in [-0.1, -0.05) is 18.2 Å². The second-order valence-electron chi connectivity index (χ2n) is 4.21. The van der Waals surface area contributed by atoms with Crippen molar-refractivity contribution in [2.24, 2.45) is 0 Å². The number of carbonyl (C=O) groups excluding carboxylic acids is 1. The molecule has 4 nitrogen and oxygen atoms in total. The minimum Gasteiger partial charge on any atom is -0.494 e. The van der Waals surface area contributed by atoms with Gasteiger partial charge < -0.3 is 14.8 Å². The van der Waals surface area contributed by atoms with Gasteiger partial charge in [-0.05, 0) is 20.0 Å². The van der Waals surface area contributed by atoms with E-state index in [0.717, 1.165) is 22.8 Å². The molecule has 0 heterocycles. The Bertz CT molecular complexity index is 412. The van der Waals surface area contributed by atoms with Gasteiger partial charge in [-0.3, -0.25) is 4.79 Å². The molecule has 1 unspecified atom stereocenters. The highest BCUT2D eigenvalue weighted by atomic mass is 32.2. The standard InChI is InChI=1S/C15H23NO3S/c1-4-19-14-8-6-5-7-12(14)13(16-2)11-20-10-9-15(17)18-3/h5-8,13,16H,4,9-11H2,1-3H3. The first-order chi connectivity index (χ1) is 9.72. The van der Waals surface area contributed by atoms with E-state index in [9.17, 15) is 4.79 Å². The number of benzene rings is 1. The number of carbonyl (C=O) groups is 1. The van der Waals surface area contributed by atoms with Gasteiger partial charge in [-0.2, -0.15) is 11.8 Å². The molecule has 0 radical (unpaired) electrons. The molecule has 20 heavy (non-hydrogen) atoms. The maximum atomic E-state index is 11.1. The van der Waals surface area contributed by atoms with Crippen LogP contribution in [0, 0.1) is 0 Å². The van der Waals surface area contributed by atoms with Crippen molar-refractivity contribution in [3.8, 4) is 5.75 Å². The van der Waals surface area contributed by atoms with Gasteiger partial charge in [-0.15, -0.1) is 0 Å². The van der Waals surface area contributed by atoms with E-state index < -0.39 is 0 Å². The van der Waals surface area contributed by atoms with Crippen molar-refractivity contribution in [3.05, 3.63) is 29.8 Å². The predicted molar refractivity (Wildman–Crippen MR) is 83.4 cm³/mol. The zero-order valence-electron chi connectivity index (χ0n) is 12.3. The molecule has 0 aliphatic rings. The van der Waals surface area contributed by atoms with Crippen molar-refractivity contribution < 1.29 is 14.3 Å². The third-order valence-electron chi connectivity index (χ3n) is 2.91. The van der Waals surface area contributed by atoms with Crippen molar-refractivity contribution in [3.63, 3.8) is 0 Å². The van der Waals surface area contributed by atoms with Gasteiger partial charge in [0.05, 0.1) is 20.1 Å². The van der Waals surface area contributed by atoms with Gasteiger partial charge in [0.2, 0.25) is 0 Å². The number of ether oxygens (including phenoxy) is 2. The molecule has 1 rings (SSSR count). The second-order valence-corrected chi connectivity index (χ2v) is 5.36. The van der Waals surface area contributed by atoms with Gasteiger partial charge in [0.25, 0.3) is 0 Å². The lowest BCUT2D eigenvalue weighted by Gasteiger charge is -2.19. The molecular weight excluding hydrogens is 274 g/mol. The van der Waals surface area contributed by atoms with E-state index >= 15 is 0 Å². The number of hydrogen-bond donors (Lipinski definition) is 1. The zero-order valence-corrected chi connectivity index (χ0v) is 13.2. The topological polar surface area (TPSA) is 47.6 Å². The quantitative estimate of drug-likeness (QED) is 0.561. The van der Waals surface area contributed by atoms with Crippen LogP contribution in [-0.2, 0) is 9.53 Å². The van der Waals surface area contributed by atoms with Gasteiger partial charge >= 0.3 is 5.97 Å². The van der Waals surface area contributed by atoms with Crippen molar-refractivity contribution in [2.45, 2.75) is 19.4 Å². The number of nitrogens with one attached hydrogen (secondary N) is 1. The number of rotatable bonds is 9. The molecule has 5 heteroatoms. The SMILES string of the molecule is CCOc1ccccc1C(CSCCC(=O)OC)NC. The average Bonchev–Trinajstić information content (AvgIpc) is 2.48. The molecule has 0 saturated carbocycles. The lowest BCUT2D eigenvalue weighted by atomic mass is 10.1. The highest BCUT2D eigenvalue weighted by Crippen LogP contribution is 2.27. The molecule has 1 atom stereocenters. The second kappa shape index (κ2) is 9.66. The number of para-hydroxylation sites is 1. The maximum Gasteiger partial charge on any atom is 0.306 e. The van der Waals surface area contributed by atoms with E-state index in [-0.39, 0.29) is 12.0 Å². The minimum atomic E-state index is -0.159. The van der Waals surface area contributed by atoms with Crippen LogP contribution < -0.4 is 10.1 Å². The first-order valence-electron chi connectivity index (χ1n) is 6.76. The lowest BCUT2D eigenvalue weighted by Crippen LogP contribution is -2.20. The summed E-state index contributed by atoms with van der Waals surface area (Å²) in [6.45, 7) is 2.64. The maximum absolute atomic E-state index is 11.1. The van der Waals surface area contributed by atoms with Crippen molar-refractivity contribution in [1.29, 1.82) is 0 Å². The minimum absolute atomic E-state index is 0.159. The largest absolute Gasteiger partial charge is 0.494 e. The average molecular weight is 297 g/mol. The van der Waals surface area contributed by atoms with Crippen molar-refractivity contribution >= 4 is 17.7 Å². The van der Waals surface area contributed by atoms with Crippen LogP contribution in [0.2, 0.25) is 0 Å². The van der Waals surface area contributed by atoms with Crippen molar-refractivity contribution in [2.75, 3.05) is 32.3 Å². The lowest BCUT2D eigenvalue weighted by molar-refractivity contribution is -0.140. The number of methoxy groups -OCH3 is 1. The molecule has 0 aromatic heterocycles. The van der Waals surface area contributed by atoms with E-state index in [1.165, 1.54) is 7.11 Å². The molecular formula is C15H23NO3S. The number of hydrogen-bond acceptors (Lipinski definition) is 5. The summed E-state index contributed by atoms with van der Waals surface area (Å²) in [5, 5.41) is 3.30. The third kappa shape index (κ3) is 5.43. The van der Waals surface area contributed by atoms with Crippen LogP contribution in [0.5, 0.6) is 5.75 Å². The Kier molecular flexibility index (Phi) is 8.14. The van der Waals surface area contributed by atoms with Crippen LogP contribution in [0.3, 0.4) is 0 Å². The monoisotopic (exact) mass is 297 g/mol. The number of thioether (sulfide) groups is 1. The van der Waals surface area contributed by atoms with Crippen LogP contribution in [0.4, 0.5) is 0 Å². The fourth-order valence-electron chi connectivity index (χ4n) is 1.84. The van der Waals surface area contributed by atoms with E-state index in [1.807, 2.05) is 32.2 Å². The van der Waals surface area contributed by atoms with Crippen LogP contribution in [0.15, 0.2) is 24.3 Å². The first kappa shape index (κ1) is 16.9. The van der Waals surface area contributed by atoms with E-state index in [0.29, 0.717) is 13.0 Å². The van der Waals surface area contributed by atoms with Crippen LogP contribution in [0.25, 0.3) is 0 Å². The Labute approximate surface area is 125 Å².